The van der Waals surface area contributed by atoms with Gasteiger partial charge in [-0.1, -0.05) is 25.8 Å². The van der Waals surface area contributed by atoms with Gasteiger partial charge >= 0.3 is 12.1 Å². The highest BCUT2D eigenvalue weighted by Gasteiger charge is 2.38. The Morgan fingerprint density at radius 1 is 0.935 bits per heavy atom. The molecule has 0 aromatic heterocycles. The van der Waals surface area contributed by atoms with Crippen LogP contribution in [-0.4, -0.2) is 5.97 Å². The molecule has 3 rings (SSSR count). The van der Waals surface area contributed by atoms with Gasteiger partial charge in [-0.05, 0) is 60.2 Å². The van der Waals surface area contributed by atoms with Crippen molar-refractivity contribution >= 4 is 16.7 Å². The van der Waals surface area contributed by atoms with E-state index in [9.17, 15) is 31.1 Å². The summed E-state index contributed by atoms with van der Waals surface area (Å²) in [7, 11) is 0. The lowest BCUT2D eigenvalue weighted by Crippen LogP contribution is -2.12. The van der Waals surface area contributed by atoms with Gasteiger partial charge in [0.2, 0.25) is 0 Å². The molecule has 164 valence electrons. The van der Waals surface area contributed by atoms with E-state index in [0.717, 1.165) is 43.0 Å². The van der Waals surface area contributed by atoms with Crippen LogP contribution in [0.3, 0.4) is 0 Å². The first kappa shape index (κ1) is 22.7. The van der Waals surface area contributed by atoms with E-state index >= 15 is 0 Å². The molecule has 31 heavy (non-hydrogen) atoms. The van der Waals surface area contributed by atoms with Crippen molar-refractivity contribution in [2.24, 2.45) is 0 Å². The summed E-state index contributed by atoms with van der Waals surface area (Å²) in [5, 5.41) is -0.726. The Balaban J connectivity index is 1.84. The molecule has 0 spiro atoms. The zero-order chi connectivity index (χ0) is 22.8. The van der Waals surface area contributed by atoms with Crippen LogP contribution in [0.2, 0.25) is 0 Å². The molecule has 0 aliphatic heterocycles. The van der Waals surface area contributed by atoms with E-state index in [1.54, 1.807) is 6.07 Å². The fourth-order valence-corrected chi connectivity index (χ4v) is 3.25. The molecular weight excluding hydrogens is 422 g/mol. The molecule has 0 heterocycles. The summed E-state index contributed by atoms with van der Waals surface area (Å²) >= 11 is 0. The second-order valence-electron chi connectivity index (χ2n) is 7.09. The molecule has 0 atom stereocenters. The number of rotatable bonds is 6. The van der Waals surface area contributed by atoms with Crippen molar-refractivity contribution in [1.82, 2.24) is 0 Å². The molecule has 0 aliphatic carbocycles. The van der Waals surface area contributed by atoms with Crippen molar-refractivity contribution < 1.29 is 35.9 Å². The van der Waals surface area contributed by atoms with Crippen LogP contribution >= 0.6 is 0 Å². The SMILES string of the molecule is CCCCCc1ccc(C(=O)Oc2ccc3c(F)c(C(F)(F)F)c(F)cc3c2)c(F)c1. The fourth-order valence-electron chi connectivity index (χ4n) is 3.25. The molecule has 3 aromatic rings. The molecule has 3 aromatic carbocycles. The summed E-state index contributed by atoms with van der Waals surface area (Å²) in [6, 6.07) is 7.65. The van der Waals surface area contributed by atoms with Gasteiger partial charge in [-0.2, -0.15) is 13.2 Å². The number of unbranched alkanes of at least 4 members (excludes halogenated alkanes) is 2. The van der Waals surface area contributed by atoms with Crippen LogP contribution in [0.15, 0.2) is 42.5 Å². The van der Waals surface area contributed by atoms with Gasteiger partial charge in [0, 0.05) is 5.39 Å². The molecule has 0 unspecified atom stereocenters. The van der Waals surface area contributed by atoms with Crippen LogP contribution in [-0.2, 0) is 12.6 Å². The molecular formula is C23H18F6O2. The third-order valence-electron chi connectivity index (χ3n) is 4.82. The number of alkyl halides is 3. The summed E-state index contributed by atoms with van der Waals surface area (Å²) in [5.41, 5.74) is -1.59. The zero-order valence-electron chi connectivity index (χ0n) is 16.5. The Morgan fingerprint density at radius 3 is 2.32 bits per heavy atom. The van der Waals surface area contributed by atoms with Crippen molar-refractivity contribution in [2.45, 2.75) is 38.8 Å². The first-order valence-corrected chi connectivity index (χ1v) is 9.61. The molecule has 0 radical (unpaired) electrons. The van der Waals surface area contributed by atoms with E-state index in [1.807, 2.05) is 6.92 Å². The molecule has 0 N–H and O–H groups in total. The number of fused-ring (bicyclic) bond motifs is 1. The maximum atomic E-state index is 14.3. The number of hydrogen-bond donors (Lipinski definition) is 0. The number of ether oxygens (including phenoxy) is 1. The lowest BCUT2D eigenvalue weighted by atomic mass is 10.0. The summed E-state index contributed by atoms with van der Waals surface area (Å²) in [6.45, 7) is 2.05. The Labute approximate surface area is 174 Å². The standard InChI is InChI=1S/C23H18F6O2/c1-2-3-4-5-13-6-8-17(18(24)10-13)22(30)31-15-7-9-16-14(11-15)12-19(25)20(21(16)26)23(27,28)29/h6-12H,2-5H2,1H3. The minimum absolute atomic E-state index is 0.192. The second kappa shape index (κ2) is 8.99. The Kier molecular flexibility index (Phi) is 6.57. The van der Waals surface area contributed by atoms with Gasteiger partial charge in [-0.25, -0.2) is 18.0 Å². The minimum Gasteiger partial charge on any atom is -0.423 e. The largest absolute Gasteiger partial charge is 0.423 e. The predicted octanol–water partition coefficient (Wildman–Crippen LogP) is 7.23. The fraction of sp³-hybridized carbons (Fsp3) is 0.261. The summed E-state index contributed by atoms with van der Waals surface area (Å²) in [6.07, 6.45) is -1.63. The van der Waals surface area contributed by atoms with Crippen LogP contribution in [0.25, 0.3) is 10.8 Å². The number of carbonyl (C=O) groups excluding carboxylic acids is 1. The van der Waals surface area contributed by atoms with E-state index in [0.29, 0.717) is 12.5 Å². The molecule has 8 heteroatoms. The summed E-state index contributed by atoms with van der Waals surface area (Å²) < 4.78 is 85.9. The second-order valence-corrected chi connectivity index (χ2v) is 7.09. The van der Waals surface area contributed by atoms with Crippen LogP contribution in [0.1, 0.15) is 47.7 Å². The van der Waals surface area contributed by atoms with E-state index in [-0.39, 0.29) is 16.7 Å². The highest BCUT2D eigenvalue weighted by molar-refractivity contribution is 5.92. The lowest BCUT2D eigenvalue weighted by Gasteiger charge is -2.12. The van der Waals surface area contributed by atoms with Crippen molar-refractivity contribution in [3.05, 3.63) is 76.6 Å². The third-order valence-corrected chi connectivity index (χ3v) is 4.82. The van der Waals surface area contributed by atoms with Crippen LogP contribution in [0.5, 0.6) is 5.75 Å². The Morgan fingerprint density at radius 2 is 1.68 bits per heavy atom. The first-order valence-electron chi connectivity index (χ1n) is 9.61. The van der Waals surface area contributed by atoms with Gasteiger partial charge in [0.15, 0.2) is 0 Å². The molecule has 0 fully saturated rings. The van der Waals surface area contributed by atoms with Crippen LogP contribution in [0.4, 0.5) is 26.3 Å². The topological polar surface area (TPSA) is 26.3 Å². The van der Waals surface area contributed by atoms with Gasteiger partial charge < -0.3 is 4.74 Å². The van der Waals surface area contributed by atoms with E-state index in [4.69, 9.17) is 4.74 Å². The lowest BCUT2D eigenvalue weighted by molar-refractivity contribution is -0.142. The summed E-state index contributed by atoms with van der Waals surface area (Å²) in [5.74, 6) is -5.55. The highest BCUT2D eigenvalue weighted by atomic mass is 19.4. The van der Waals surface area contributed by atoms with Crippen molar-refractivity contribution in [2.75, 3.05) is 0 Å². The number of benzene rings is 3. The van der Waals surface area contributed by atoms with E-state index in [2.05, 4.69) is 0 Å². The van der Waals surface area contributed by atoms with Crippen LogP contribution in [0, 0.1) is 17.5 Å². The van der Waals surface area contributed by atoms with E-state index in [1.165, 1.54) is 12.1 Å². The maximum absolute atomic E-state index is 14.3. The quantitative estimate of drug-likeness (QED) is 0.175. The van der Waals surface area contributed by atoms with Crippen molar-refractivity contribution in [3.8, 4) is 5.75 Å². The van der Waals surface area contributed by atoms with Gasteiger partial charge in [0.25, 0.3) is 0 Å². The molecule has 2 nitrogen and oxygen atoms in total. The molecule has 0 bridgehead atoms. The maximum Gasteiger partial charge on any atom is 0.422 e. The van der Waals surface area contributed by atoms with E-state index < -0.39 is 40.5 Å². The highest BCUT2D eigenvalue weighted by Crippen LogP contribution is 2.37. The average molecular weight is 440 g/mol. The molecule has 0 aliphatic rings. The number of hydrogen-bond acceptors (Lipinski definition) is 2. The van der Waals surface area contributed by atoms with Gasteiger partial charge in [0.1, 0.15) is 28.8 Å². The smallest absolute Gasteiger partial charge is 0.422 e. The Hall–Kier alpha value is -3.03. The van der Waals surface area contributed by atoms with Gasteiger partial charge in [-0.3, -0.25) is 0 Å². The molecule has 0 amide bonds. The Bertz CT molecular complexity index is 1120. The number of carbonyl (C=O) groups is 1. The molecule has 0 saturated carbocycles. The normalized spacial score (nSPS) is 11.7. The van der Waals surface area contributed by atoms with Crippen LogP contribution < -0.4 is 4.74 Å². The van der Waals surface area contributed by atoms with Crippen molar-refractivity contribution in [1.29, 1.82) is 0 Å². The van der Waals surface area contributed by atoms with Gasteiger partial charge in [0.05, 0.1) is 5.56 Å². The third kappa shape index (κ3) is 5.00. The molecule has 0 saturated heterocycles. The minimum atomic E-state index is -5.20. The predicted molar refractivity (Wildman–Crippen MR) is 103 cm³/mol. The number of halogens is 6. The summed E-state index contributed by atoms with van der Waals surface area (Å²) in [4.78, 5) is 12.3. The van der Waals surface area contributed by atoms with Gasteiger partial charge in [-0.15, -0.1) is 0 Å². The van der Waals surface area contributed by atoms with Crippen molar-refractivity contribution in [3.63, 3.8) is 0 Å². The zero-order valence-corrected chi connectivity index (χ0v) is 16.5. The monoisotopic (exact) mass is 440 g/mol. The number of esters is 1. The number of aryl methyl sites for hydroxylation is 1. The average Bonchev–Trinajstić information content (AvgIpc) is 2.66. The first-order chi connectivity index (χ1) is 14.6.